The van der Waals surface area contributed by atoms with E-state index >= 15 is 4.79 Å². The van der Waals surface area contributed by atoms with Gasteiger partial charge < -0.3 is 14.1 Å². The lowest BCUT2D eigenvalue weighted by Gasteiger charge is -2.53. The van der Waals surface area contributed by atoms with Crippen LogP contribution in [0.2, 0.25) is 26.7 Å². The Morgan fingerprint density at radius 1 is 0.980 bits per heavy atom. The molecule has 1 aliphatic heterocycles. The van der Waals surface area contributed by atoms with Crippen LogP contribution in [0.4, 0.5) is 0 Å². The van der Waals surface area contributed by atoms with E-state index in [9.17, 15) is 13.2 Å². The first-order chi connectivity index (χ1) is 23.0. The lowest BCUT2D eigenvalue weighted by atomic mass is 9.65. The first kappa shape index (κ1) is 40.0. The van der Waals surface area contributed by atoms with Crippen molar-refractivity contribution in [1.29, 1.82) is 0 Å². The molecule has 2 aromatic carbocycles. The Bertz CT molecular complexity index is 1530. The number of likely N-dealkylation sites (tertiary alicyclic amines) is 1. The van der Waals surface area contributed by atoms with Crippen LogP contribution >= 0.6 is 23.2 Å². The number of halogens is 2. The van der Waals surface area contributed by atoms with Crippen molar-refractivity contribution in [2.45, 2.75) is 127 Å². The number of hydrogen-bond acceptors (Lipinski definition) is 5. The number of aldehydes is 1. The fraction of sp³-hybridized carbons (Fsp3) is 0.632. The highest BCUT2D eigenvalue weighted by molar-refractivity contribution is 7.90. The largest absolute Gasteiger partial charge is 0.416 e. The Morgan fingerprint density at radius 2 is 1.59 bits per heavy atom. The standard InChI is InChI=1S/C38H56Cl2N2O5SSi/c1-9-33(25-41(8)48(45,46)34-17-18-34)42-36(29-13-15-31(39)16-14-29)35(30-11-10-12-32(40)23-30)24-38(19-21-43,37(42)44)20-22-47-49(26(2)3,27(4)5)28(6)7/h10-16,21,23,26-28,33-36H,9,17-20,22,24-25H2,1-8H3/t33?,35-,36-,38+/m1/s1. The third-order valence-corrected chi connectivity index (χ3v) is 20.2. The number of rotatable bonds is 17. The lowest BCUT2D eigenvalue weighted by Crippen LogP contribution is -2.59. The summed E-state index contributed by atoms with van der Waals surface area (Å²) in [5.41, 5.74) is 1.92. The average Bonchev–Trinajstić information content (AvgIpc) is 3.90. The van der Waals surface area contributed by atoms with Crippen LogP contribution in [0.1, 0.15) is 110 Å². The number of carbonyl (C=O) groups excluding carboxylic acids is 2. The minimum absolute atomic E-state index is 0.0440. The highest BCUT2D eigenvalue weighted by Crippen LogP contribution is 2.54. The van der Waals surface area contributed by atoms with Gasteiger partial charge in [-0.05, 0) is 84.1 Å². The fourth-order valence-electron chi connectivity index (χ4n) is 8.70. The maximum Gasteiger partial charge on any atom is 0.230 e. The van der Waals surface area contributed by atoms with Crippen molar-refractivity contribution < 1.29 is 22.4 Å². The molecule has 0 spiro atoms. The van der Waals surface area contributed by atoms with Gasteiger partial charge in [-0.15, -0.1) is 0 Å². The molecule has 0 aromatic heterocycles. The van der Waals surface area contributed by atoms with Crippen LogP contribution in [0.5, 0.6) is 0 Å². The zero-order valence-corrected chi connectivity index (χ0v) is 33.8. The summed E-state index contributed by atoms with van der Waals surface area (Å²) in [5, 5.41) is 0.806. The molecule has 0 radical (unpaired) electrons. The van der Waals surface area contributed by atoms with E-state index in [0.29, 0.717) is 65.4 Å². The second-order valence-electron chi connectivity index (χ2n) is 15.2. The van der Waals surface area contributed by atoms with Crippen LogP contribution in [0.3, 0.4) is 0 Å². The molecule has 0 N–H and O–H groups in total. The summed E-state index contributed by atoms with van der Waals surface area (Å²) in [7, 11) is -4.13. The van der Waals surface area contributed by atoms with Gasteiger partial charge in [-0.25, -0.2) is 12.7 Å². The van der Waals surface area contributed by atoms with Gasteiger partial charge in [0.15, 0.2) is 8.32 Å². The number of piperidine rings is 1. The summed E-state index contributed by atoms with van der Waals surface area (Å²) in [6, 6.07) is 14.4. The summed E-state index contributed by atoms with van der Waals surface area (Å²) in [4.78, 5) is 29.9. The van der Waals surface area contributed by atoms with Crippen molar-refractivity contribution in [3.05, 3.63) is 69.7 Å². The number of likely N-dealkylation sites (N-methyl/N-ethyl adjacent to an activating group) is 1. The van der Waals surface area contributed by atoms with Crippen LogP contribution in [-0.4, -0.2) is 69.6 Å². The summed E-state index contributed by atoms with van der Waals surface area (Å²) in [5.74, 6) is -0.365. The number of hydrogen-bond donors (Lipinski definition) is 0. The Hall–Kier alpha value is -1.75. The number of carbonyl (C=O) groups is 2. The zero-order valence-electron chi connectivity index (χ0n) is 30.5. The molecule has 4 rings (SSSR count). The van der Waals surface area contributed by atoms with Crippen LogP contribution < -0.4 is 0 Å². The monoisotopic (exact) mass is 750 g/mol. The summed E-state index contributed by atoms with van der Waals surface area (Å²) < 4.78 is 35.2. The smallest absolute Gasteiger partial charge is 0.230 e. The van der Waals surface area contributed by atoms with E-state index < -0.39 is 35.8 Å². The molecule has 11 heteroatoms. The molecule has 2 aromatic rings. The van der Waals surface area contributed by atoms with E-state index in [1.165, 1.54) is 4.31 Å². The fourth-order valence-corrected chi connectivity index (χ4v) is 16.1. The second-order valence-corrected chi connectivity index (χ2v) is 23.9. The van der Waals surface area contributed by atoms with Crippen molar-refractivity contribution in [2.75, 3.05) is 20.2 Å². The molecule has 4 atom stereocenters. The quantitative estimate of drug-likeness (QED) is 0.119. The Kier molecular flexibility index (Phi) is 13.3. The van der Waals surface area contributed by atoms with Crippen molar-refractivity contribution >= 4 is 53.7 Å². The minimum Gasteiger partial charge on any atom is -0.416 e. The average molecular weight is 752 g/mol. The van der Waals surface area contributed by atoms with E-state index in [1.54, 1.807) is 7.05 Å². The molecule has 0 bridgehead atoms. The molecular formula is C38H56Cl2N2O5SSi. The minimum atomic E-state index is -3.49. The molecule has 1 heterocycles. The van der Waals surface area contributed by atoms with Gasteiger partial charge in [-0.2, -0.15) is 0 Å². The van der Waals surface area contributed by atoms with Gasteiger partial charge in [-0.3, -0.25) is 4.79 Å². The first-order valence-electron chi connectivity index (χ1n) is 17.9. The van der Waals surface area contributed by atoms with Gasteiger partial charge in [0, 0.05) is 48.6 Å². The van der Waals surface area contributed by atoms with E-state index in [4.69, 9.17) is 27.6 Å². The molecule has 7 nitrogen and oxygen atoms in total. The van der Waals surface area contributed by atoms with E-state index in [-0.39, 0.29) is 30.0 Å². The molecule has 1 amide bonds. The van der Waals surface area contributed by atoms with Crippen molar-refractivity contribution in [3.63, 3.8) is 0 Å². The molecule has 1 saturated carbocycles. The topological polar surface area (TPSA) is 84.0 Å². The molecule has 49 heavy (non-hydrogen) atoms. The van der Waals surface area contributed by atoms with Gasteiger partial charge in [0.05, 0.1) is 16.7 Å². The molecule has 2 aliphatic rings. The molecule has 1 aliphatic carbocycles. The van der Waals surface area contributed by atoms with Crippen LogP contribution in [-0.2, 0) is 24.0 Å². The maximum atomic E-state index is 15.4. The number of nitrogens with zero attached hydrogens (tertiary/aromatic N) is 2. The highest BCUT2D eigenvalue weighted by atomic mass is 35.5. The number of amides is 1. The Balaban J connectivity index is 1.87. The summed E-state index contributed by atoms with van der Waals surface area (Å²) in [6.07, 6.45) is 3.57. The van der Waals surface area contributed by atoms with E-state index in [1.807, 2.05) is 60.4 Å². The Morgan fingerprint density at radius 3 is 2.10 bits per heavy atom. The van der Waals surface area contributed by atoms with Gasteiger partial charge in [0.1, 0.15) is 6.29 Å². The molecule has 1 unspecified atom stereocenters. The van der Waals surface area contributed by atoms with Crippen LogP contribution in [0, 0.1) is 5.41 Å². The molecular weight excluding hydrogens is 695 g/mol. The van der Waals surface area contributed by atoms with Gasteiger partial charge in [0.2, 0.25) is 15.9 Å². The summed E-state index contributed by atoms with van der Waals surface area (Å²) >= 11 is 13.0. The lowest BCUT2D eigenvalue weighted by molar-refractivity contribution is -0.159. The second kappa shape index (κ2) is 16.3. The molecule has 2 fully saturated rings. The molecule has 1 saturated heterocycles. The molecule has 272 valence electrons. The van der Waals surface area contributed by atoms with Crippen molar-refractivity contribution in [3.8, 4) is 0 Å². The van der Waals surface area contributed by atoms with Crippen LogP contribution in [0.25, 0.3) is 0 Å². The van der Waals surface area contributed by atoms with Crippen LogP contribution in [0.15, 0.2) is 48.5 Å². The van der Waals surface area contributed by atoms with Gasteiger partial charge in [-0.1, -0.05) is 95.9 Å². The van der Waals surface area contributed by atoms with E-state index in [0.717, 1.165) is 17.4 Å². The van der Waals surface area contributed by atoms with Crippen molar-refractivity contribution in [1.82, 2.24) is 9.21 Å². The number of sulfonamides is 1. The van der Waals surface area contributed by atoms with E-state index in [2.05, 4.69) is 41.5 Å². The third-order valence-electron chi connectivity index (χ3n) is 11.3. The van der Waals surface area contributed by atoms with Gasteiger partial charge in [0.25, 0.3) is 0 Å². The normalized spacial score (nSPS) is 22.8. The predicted octanol–water partition coefficient (Wildman–Crippen LogP) is 9.41. The predicted molar refractivity (Wildman–Crippen MR) is 203 cm³/mol. The maximum absolute atomic E-state index is 15.4. The SMILES string of the molecule is CCC(CN(C)S(=O)(=O)C1CC1)N1C(=O)[C@@](CC=O)(CCO[Si](C(C)C)(C(C)C)C(C)C)C[C@H](c2cccc(Cl)c2)[C@H]1c1ccc(Cl)cc1. The van der Waals surface area contributed by atoms with Gasteiger partial charge >= 0.3 is 0 Å². The number of benzene rings is 2. The summed E-state index contributed by atoms with van der Waals surface area (Å²) in [6.45, 7) is 16.0. The third kappa shape index (κ3) is 8.33. The highest BCUT2D eigenvalue weighted by Gasteiger charge is 2.54. The Labute approximate surface area is 306 Å². The van der Waals surface area contributed by atoms with Crippen molar-refractivity contribution in [2.24, 2.45) is 5.41 Å². The first-order valence-corrected chi connectivity index (χ1v) is 22.3. The zero-order chi connectivity index (χ0) is 36.3.